The molecular weight excluding hydrogens is 412 g/mol. The van der Waals surface area contributed by atoms with Gasteiger partial charge in [-0.05, 0) is 47.7 Å². The van der Waals surface area contributed by atoms with Gasteiger partial charge in [0, 0.05) is 17.3 Å². The lowest BCUT2D eigenvalue weighted by molar-refractivity contribution is -0.119. The van der Waals surface area contributed by atoms with Gasteiger partial charge in [-0.25, -0.2) is 4.79 Å². The molecule has 31 heavy (non-hydrogen) atoms. The highest BCUT2D eigenvalue weighted by Crippen LogP contribution is 2.46. The summed E-state index contributed by atoms with van der Waals surface area (Å²) in [4.78, 5) is 25.2. The molecular formula is C25H23ClN2O3. The molecule has 3 aromatic carbocycles. The molecule has 0 saturated heterocycles. The van der Waals surface area contributed by atoms with Gasteiger partial charge in [-0.1, -0.05) is 72.3 Å². The molecule has 2 N–H and O–H groups in total. The minimum atomic E-state index is -0.850. The van der Waals surface area contributed by atoms with Gasteiger partial charge in [0.15, 0.2) is 0 Å². The van der Waals surface area contributed by atoms with Gasteiger partial charge in [0.25, 0.3) is 0 Å². The predicted molar refractivity (Wildman–Crippen MR) is 121 cm³/mol. The highest BCUT2D eigenvalue weighted by Gasteiger charge is 2.47. The molecule has 1 aliphatic heterocycles. The number of carbonyl (C=O) groups is 2. The van der Waals surface area contributed by atoms with Gasteiger partial charge in [0.05, 0.1) is 0 Å². The maximum atomic E-state index is 13.2. The van der Waals surface area contributed by atoms with Crippen molar-refractivity contribution < 1.29 is 14.3 Å². The Bertz CT molecular complexity index is 1070. The normalized spacial score (nSPS) is 17.0. The second kappa shape index (κ2) is 9.23. The third-order valence-electron chi connectivity index (χ3n) is 5.55. The van der Waals surface area contributed by atoms with Crippen LogP contribution in [-0.4, -0.2) is 18.5 Å². The number of fused-ring (bicyclic) bond motifs is 1. The van der Waals surface area contributed by atoms with Crippen LogP contribution in [0.2, 0.25) is 5.02 Å². The van der Waals surface area contributed by atoms with Crippen molar-refractivity contribution in [3.63, 3.8) is 0 Å². The van der Waals surface area contributed by atoms with E-state index in [1.807, 2.05) is 72.8 Å². The van der Waals surface area contributed by atoms with Crippen molar-refractivity contribution >= 4 is 29.3 Å². The van der Waals surface area contributed by atoms with Gasteiger partial charge < -0.3 is 15.4 Å². The zero-order chi connectivity index (χ0) is 21.7. The van der Waals surface area contributed by atoms with Crippen molar-refractivity contribution in [3.05, 3.63) is 101 Å². The van der Waals surface area contributed by atoms with Gasteiger partial charge in [-0.15, -0.1) is 0 Å². The zero-order valence-electron chi connectivity index (χ0n) is 16.9. The number of benzene rings is 3. The van der Waals surface area contributed by atoms with Crippen LogP contribution in [0, 0.1) is 0 Å². The second-order valence-electron chi connectivity index (χ2n) is 7.51. The molecule has 3 aromatic rings. The van der Waals surface area contributed by atoms with E-state index >= 15 is 0 Å². The summed E-state index contributed by atoms with van der Waals surface area (Å²) in [5.74, 6) is -0.0809. The van der Waals surface area contributed by atoms with Crippen LogP contribution < -0.4 is 10.6 Å². The monoisotopic (exact) mass is 434 g/mol. The second-order valence-corrected chi connectivity index (χ2v) is 7.94. The van der Waals surface area contributed by atoms with E-state index in [4.69, 9.17) is 16.3 Å². The maximum absolute atomic E-state index is 13.2. The highest BCUT2D eigenvalue weighted by molar-refractivity contribution is 6.31. The van der Waals surface area contributed by atoms with Crippen LogP contribution in [0.15, 0.2) is 78.9 Å². The van der Waals surface area contributed by atoms with E-state index in [9.17, 15) is 9.59 Å². The van der Waals surface area contributed by atoms with Crippen LogP contribution in [0.4, 0.5) is 10.5 Å². The Labute approximate surface area is 186 Å². The van der Waals surface area contributed by atoms with Crippen molar-refractivity contribution in [1.29, 1.82) is 0 Å². The van der Waals surface area contributed by atoms with Crippen molar-refractivity contribution in [2.24, 2.45) is 0 Å². The number of anilines is 1. The number of hydrogen-bond acceptors (Lipinski definition) is 3. The fourth-order valence-electron chi connectivity index (χ4n) is 4.05. The summed E-state index contributed by atoms with van der Waals surface area (Å²) in [6.07, 6.45) is 0.640. The van der Waals surface area contributed by atoms with E-state index in [0.717, 1.165) is 22.4 Å². The van der Waals surface area contributed by atoms with Gasteiger partial charge in [0.2, 0.25) is 5.91 Å². The largest absolute Gasteiger partial charge is 0.445 e. The summed E-state index contributed by atoms with van der Waals surface area (Å²) in [7, 11) is 0. The fourth-order valence-corrected chi connectivity index (χ4v) is 4.22. The van der Waals surface area contributed by atoms with Crippen LogP contribution in [0.25, 0.3) is 0 Å². The lowest BCUT2D eigenvalue weighted by atomic mass is 9.72. The Morgan fingerprint density at radius 2 is 1.71 bits per heavy atom. The number of amides is 2. The molecule has 5 nitrogen and oxygen atoms in total. The summed E-state index contributed by atoms with van der Waals surface area (Å²) in [5, 5.41) is 6.35. The van der Waals surface area contributed by atoms with E-state index < -0.39 is 11.5 Å². The molecule has 4 rings (SSSR count). The molecule has 1 aliphatic rings. The van der Waals surface area contributed by atoms with Crippen molar-refractivity contribution in [2.45, 2.75) is 24.9 Å². The van der Waals surface area contributed by atoms with Crippen LogP contribution in [0.5, 0.6) is 0 Å². The summed E-state index contributed by atoms with van der Waals surface area (Å²) in [6, 6.07) is 24.6. The lowest BCUT2D eigenvalue weighted by Gasteiger charge is -2.28. The minimum absolute atomic E-state index is 0.0809. The molecule has 0 radical (unpaired) electrons. The molecule has 0 aliphatic carbocycles. The first-order valence-electron chi connectivity index (χ1n) is 10.2. The molecule has 0 saturated carbocycles. The average molecular weight is 435 g/mol. The molecule has 0 aromatic heterocycles. The molecule has 0 fully saturated rings. The third kappa shape index (κ3) is 4.42. The summed E-state index contributed by atoms with van der Waals surface area (Å²) < 4.78 is 5.26. The third-order valence-corrected chi connectivity index (χ3v) is 5.79. The van der Waals surface area contributed by atoms with Gasteiger partial charge in [0.1, 0.15) is 12.0 Å². The number of rotatable bonds is 7. The van der Waals surface area contributed by atoms with E-state index in [-0.39, 0.29) is 12.5 Å². The number of halogens is 1. The van der Waals surface area contributed by atoms with Gasteiger partial charge in [-0.3, -0.25) is 4.79 Å². The Kier molecular flexibility index (Phi) is 6.23. The lowest BCUT2D eigenvalue weighted by Crippen LogP contribution is -2.37. The van der Waals surface area contributed by atoms with Crippen LogP contribution >= 0.6 is 11.6 Å². The quantitative estimate of drug-likeness (QED) is 0.497. The molecule has 0 unspecified atom stereocenters. The number of carbonyl (C=O) groups excluding carboxylic acids is 2. The summed E-state index contributed by atoms with van der Waals surface area (Å²) in [6.45, 7) is 0.611. The number of alkyl carbamates (subject to hydrolysis) is 1. The standard InChI is InChI=1S/C25H23ClN2O3/c26-20-12-13-22-21(16-20)25(23(29)28-22,19-10-5-2-6-11-19)14-7-15-27-24(30)31-17-18-8-3-1-4-9-18/h1-6,8-13,16H,7,14-15,17H2,(H,27,30)(H,28,29)/t25-/m0/s1. The molecule has 6 heteroatoms. The fraction of sp³-hybridized carbons (Fsp3) is 0.200. The molecule has 1 heterocycles. The van der Waals surface area contributed by atoms with Crippen molar-refractivity contribution in [2.75, 3.05) is 11.9 Å². The Morgan fingerprint density at radius 3 is 2.45 bits per heavy atom. The zero-order valence-corrected chi connectivity index (χ0v) is 17.7. The molecule has 1 atom stereocenters. The smallest absolute Gasteiger partial charge is 0.407 e. The summed E-state index contributed by atoms with van der Waals surface area (Å²) in [5.41, 5.74) is 2.62. The topological polar surface area (TPSA) is 67.4 Å². The molecule has 0 bridgehead atoms. The van der Waals surface area contributed by atoms with Crippen LogP contribution in [0.1, 0.15) is 29.5 Å². The first kappa shape index (κ1) is 20.9. The van der Waals surface area contributed by atoms with E-state index in [0.29, 0.717) is 24.4 Å². The van der Waals surface area contributed by atoms with Crippen molar-refractivity contribution in [3.8, 4) is 0 Å². The number of hydrogen-bond donors (Lipinski definition) is 2. The molecule has 2 amide bonds. The SMILES string of the molecule is O=C(NCCC[C@@]1(c2ccccc2)C(=O)Nc2ccc(Cl)cc21)OCc1ccccc1. The molecule has 0 spiro atoms. The highest BCUT2D eigenvalue weighted by atomic mass is 35.5. The van der Waals surface area contributed by atoms with Gasteiger partial charge >= 0.3 is 6.09 Å². The number of ether oxygens (including phenoxy) is 1. The summed E-state index contributed by atoms with van der Waals surface area (Å²) >= 11 is 6.26. The van der Waals surface area contributed by atoms with Crippen LogP contribution in [0.3, 0.4) is 0 Å². The van der Waals surface area contributed by atoms with Crippen molar-refractivity contribution in [1.82, 2.24) is 5.32 Å². The number of nitrogens with one attached hydrogen (secondary N) is 2. The van der Waals surface area contributed by atoms with E-state index in [2.05, 4.69) is 10.6 Å². The van der Waals surface area contributed by atoms with Crippen LogP contribution in [-0.2, 0) is 21.6 Å². The Hall–Kier alpha value is -3.31. The average Bonchev–Trinajstić information content (AvgIpc) is 3.08. The minimum Gasteiger partial charge on any atom is -0.445 e. The Morgan fingerprint density at radius 1 is 1.00 bits per heavy atom. The van der Waals surface area contributed by atoms with Gasteiger partial charge in [-0.2, -0.15) is 0 Å². The Balaban J connectivity index is 1.44. The predicted octanol–water partition coefficient (Wildman–Crippen LogP) is 5.28. The van der Waals surface area contributed by atoms with E-state index in [1.54, 1.807) is 6.07 Å². The molecule has 158 valence electrons. The first-order valence-corrected chi connectivity index (χ1v) is 10.6. The first-order chi connectivity index (χ1) is 15.1. The van der Waals surface area contributed by atoms with E-state index in [1.165, 1.54) is 0 Å². The maximum Gasteiger partial charge on any atom is 0.407 e.